The van der Waals surface area contributed by atoms with Gasteiger partial charge in [-0.2, -0.15) is 5.26 Å². The SMILES string of the molecule is Cc1ccncc1C1CNCC1C#N. The van der Waals surface area contributed by atoms with Crippen molar-refractivity contribution in [1.29, 1.82) is 5.26 Å². The van der Waals surface area contributed by atoms with Gasteiger partial charge in [-0.3, -0.25) is 4.98 Å². The summed E-state index contributed by atoms with van der Waals surface area (Å²) in [5.41, 5.74) is 2.44. The Balaban J connectivity index is 2.31. The van der Waals surface area contributed by atoms with Crippen LogP contribution in [0.4, 0.5) is 0 Å². The average Bonchev–Trinajstić information content (AvgIpc) is 2.66. The molecule has 1 fully saturated rings. The molecule has 2 unspecified atom stereocenters. The van der Waals surface area contributed by atoms with Crippen molar-refractivity contribution in [1.82, 2.24) is 10.3 Å². The predicted molar refractivity (Wildman–Crippen MR) is 53.7 cm³/mol. The number of pyridine rings is 1. The van der Waals surface area contributed by atoms with Gasteiger partial charge in [-0.1, -0.05) is 0 Å². The molecule has 0 bridgehead atoms. The van der Waals surface area contributed by atoms with Crippen LogP contribution in [0.5, 0.6) is 0 Å². The van der Waals surface area contributed by atoms with Crippen LogP contribution < -0.4 is 5.32 Å². The highest BCUT2D eigenvalue weighted by molar-refractivity contribution is 5.29. The van der Waals surface area contributed by atoms with Crippen LogP contribution >= 0.6 is 0 Å². The van der Waals surface area contributed by atoms with Crippen molar-refractivity contribution >= 4 is 0 Å². The molecular weight excluding hydrogens is 174 g/mol. The Bertz CT molecular complexity index is 367. The number of nitrogens with zero attached hydrogens (tertiary/aromatic N) is 2. The average molecular weight is 187 g/mol. The van der Waals surface area contributed by atoms with Crippen molar-refractivity contribution in [2.24, 2.45) is 5.92 Å². The molecule has 0 aliphatic carbocycles. The molecule has 1 aliphatic heterocycles. The van der Waals surface area contributed by atoms with Crippen molar-refractivity contribution < 1.29 is 0 Å². The summed E-state index contributed by atoms with van der Waals surface area (Å²) in [6, 6.07) is 4.35. The number of rotatable bonds is 1. The molecule has 0 amide bonds. The zero-order valence-corrected chi connectivity index (χ0v) is 8.20. The molecule has 2 atom stereocenters. The van der Waals surface area contributed by atoms with Gasteiger partial charge >= 0.3 is 0 Å². The van der Waals surface area contributed by atoms with E-state index in [1.54, 1.807) is 6.20 Å². The largest absolute Gasteiger partial charge is 0.315 e. The van der Waals surface area contributed by atoms with E-state index in [2.05, 4.69) is 23.3 Å². The second kappa shape index (κ2) is 3.77. The lowest BCUT2D eigenvalue weighted by molar-refractivity contribution is 0.640. The van der Waals surface area contributed by atoms with Crippen LogP contribution in [0.1, 0.15) is 17.0 Å². The Kier molecular flexibility index (Phi) is 2.47. The van der Waals surface area contributed by atoms with Gasteiger partial charge in [-0.25, -0.2) is 0 Å². The Labute approximate surface area is 83.8 Å². The van der Waals surface area contributed by atoms with Gasteiger partial charge in [0.2, 0.25) is 0 Å². The van der Waals surface area contributed by atoms with E-state index in [1.165, 1.54) is 11.1 Å². The highest BCUT2D eigenvalue weighted by atomic mass is 14.9. The molecule has 3 nitrogen and oxygen atoms in total. The van der Waals surface area contributed by atoms with Gasteiger partial charge in [0.15, 0.2) is 0 Å². The summed E-state index contributed by atoms with van der Waals surface area (Å²) >= 11 is 0. The standard InChI is InChI=1S/C11H13N3/c1-8-2-3-13-6-10(8)11-7-14-5-9(11)4-12/h2-3,6,9,11,14H,5,7H2,1H3. The molecule has 1 aromatic rings. The third-order valence-corrected chi connectivity index (χ3v) is 2.86. The lowest BCUT2D eigenvalue weighted by atomic mass is 9.88. The fraction of sp³-hybridized carbons (Fsp3) is 0.455. The summed E-state index contributed by atoms with van der Waals surface area (Å²) in [5.74, 6) is 0.409. The third-order valence-electron chi connectivity index (χ3n) is 2.86. The van der Waals surface area contributed by atoms with E-state index >= 15 is 0 Å². The number of hydrogen-bond acceptors (Lipinski definition) is 3. The van der Waals surface area contributed by atoms with Crippen molar-refractivity contribution in [2.45, 2.75) is 12.8 Å². The number of hydrogen-bond donors (Lipinski definition) is 1. The maximum atomic E-state index is 8.98. The van der Waals surface area contributed by atoms with Crippen LogP contribution in [0.25, 0.3) is 0 Å². The van der Waals surface area contributed by atoms with Crippen LogP contribution in [-0.2, 0) is 0 Å². The molecule has 72 valence electrons. The van der Waals surface area contributed by atoms with Gasteiger partial charge < -0.3 is 5.32 Å². The summed E-state index contributed by atoms with van der Waals surface area (Å²) in [5, 5.41) is 12.2. The fourth-order valence-electron chi connectivity index (χ4n) is 2.01. The quantitative estimate of drug-likeness (QED) is 0.719. The first-order valence-electron chi connectivity index (χ1n) is 4.83. The summed E-state index contributed by atoms with van der Waals surface area (Å²) in [4.78, 5) is 4.12. The minimum atomic E-state index is 0.0953. The highest BCUT2D eigenvalue weighted by Crippen LogP contribution is 2.28. The molecule has 14 heavy (non-hydrogen) atoms. The molecule has 1 N–H and O–H groups in total. The summed E-state index contributed by atoms with van der Waals surface area (Å²) in [7, 11) is 0. The topological polar surface area (TPSA) is 48.7 Å². The van der Waals surface area contributed by atoms with Crippen molar-refractivity contribution in [3.8, 4) is 6.07 Å². The lowest BCUT2D eigenvalue weighted by Crippen LogP contribution is -2.10. The number of nitriles is 1. The molecule has 2 heterocycles. The summed E-state index contributed by atoms with van der Waals surface area (Å²) < 4.78 is 0. The number of nitrogens with one attached hydrogen (secondary N) is 1. The Hall–Kier alpha value is -1.40. The maximum absolute atomic E-state index is 8.98. The molecule has 2 rings (SSSR count). The van der Waals surface area contributed by atoms with Gasteiger partial charge in [-0.05, 0) is 24.1 Å². The van der Waals surface area contributed by atoms with Gasteiger partial charge in [0.1, 0.15) is 0 Å². The maximum Gasteiger partial charge on any atom is 0.0676 e. The molecule has 1 saturated heterocycles. The second-order valence-corrected chi connectivity index (χ2v) is 3.73. The Morgan fingerprint density at radius 2 is 2.43 bits per heavy atom. The van der Waals surface area contributed by atoms with Crippen molar-refractivity contribution in [2.75, 3.05) is 13.1 Å². The van der Waals surface area contributed by atoms with E-state index in [1.807, 2.05) is 12.3 Å². The van der Waals surface area contributed by atoms with E-state index in [9.17, 15) is 0 Å². The normalized spacial score (nSPS) is 26.0. The minimum Gasteiger partial charge on any atom is -0.315 e. The number of aromatic nitrogens is 1. The van der Waals surface area contributed by atoms with Crippen molar-refractivity contribution in [3.05, 3.63) is 29.6 Å². The lowest BCUT2D eigenvalue weighted by Gasteiger charge is -2.14. The predicted octanol–water partition coefficient (Wildman–Crippen LogP) is 1.22. The van der Waals surface area contributed by atoms with Crippen LogP contribution in [0.2, 0.25) is 0 Å². The first-order chi connectivity index (χ1) is 6.83. The molecule has 0 spiro atoms. The second-order valence-electron chi connectivity index (χ2n) is 3.73. The molecular formula is C11H13N3. The third kappa shape index (κ3) is 1.49. The van der Waals surface area contributed by atoms with Gasteiger partial charge in [0, 0.05) is 31.4 Å². The van der Waals surface area contributed by atoms with Crippen LogP contribution in [0.3, 0.4) is 0 Å². The molecule has 1 aliphatic rings. The van der Waals surface area contributed by atoms with Crippen molar-refractivity contribution in [3.63, 3.8) is 0 Å². The fourth-order valence-corrected chi connectivity index (χ4v) is 2.01. The van der Waals surface area contributed by atoms with E-state index in [4.69, 9.17) is 5.26 Å². The zero-order chi connectivity index (χ0) is 9.97. The van der Waals surface area contributed by atoms with Gasteiger partial charge in [0.05, 0.1) is 12.0 Å². The molecule has 0 aromatic carbocycles. The number of aryl methyl sites for hydroxylation is 1. The Morgan fingerprint density at radius 3 is 3.14 bits per heavy atom. The minimum absolute atomic E-state index is 0.0953. The smallest absolute Gasteiger partial charge is 0.0676 e. The molecule has 3 heteroatoms. The highest BCUT2D eigenvalue weighted by Gasteiger charge is 2.29. The van der Waals surface area contributed by atoms with Crippen LogP contribution in [-0.4, -0.2) is 18.1 Å². The summed E-state index contributed by atoms with van der Waals surface area (Å²) in [6.07, 6.45) is 3.68. The van der Waals surface area contributed by atoms with E-state index in [0.717, 1.165) is 13.1 Å². The van der Waals surface area contributed by atoms with E-state index < -0.39 is 0 Å². The monoisotopic (exact) mass is 187 g/mol. The zero-order valence-electron chi connectivity index (χ0n) is 8.20. The van der Waals surface area contributed by atoms with E-state index in [0.29, 0.717) is 5.92 Å². The van der Waals surface area contributed by atoms with E-state index in [-0.39, 0.29) is 5.92 Å². The van der Waals surface area contributed by atoms with Crippen LogP contribution in [0, 0.1) is 24.2 Å². The van der Waals surface area contributed by atoms with Gasteiger partial charge in [0.25, 0.3) is 0 Å². The van der Waals surface area contributed by atoms with Crippen LogP contribution in [0.15, 0.2) is 18.5 Å². The van der Waals surface area contributed by atoms with Gasteiger partial charge in [-0.15, -0.1) is 0 Å². The molecule has 0 saturated carbocycles. The summed E-state index contributed by atoms with van der Waals surface area (Å²) in [6.45, 7) is 3.77. The molecule has 0 radical (unpaired) electrons. The Morgan fingerprint density at radius 1 is 1.57 bits per heavy atom. The first kappa shape index (κ1) is 9.17. The molecule has 1 aromatic heterocycles. The first-order valence-corrected chi connectivity index (χ1v) is 4.83.